The van der Waals surface area contributed by atoms with Crippen molar-refractivity contribution in [3.8, 4) is 55.6 Å². The Hall–Kier alpha value is -6.44. The van der Waals surface area contributed by atoms with Crippen molar-refractivity contribution in [2.45, 2.75) is 19.3 Å². The molecule has 0 amide bonds. The summed E-state index contributed by atoms with van der Waals surface area (Å²) < 4.78 is 0. The lowest BCUT2D eigenvalue weighted by Crippen LogP contribution is -2.14. The molecule has 0 fully saturated rings. The average molecular weight is 666 g/mol. The molecule has 0 unspecified atom stereocenters. The van der Waals surface area contributed by atoms with Crippen LogP contribution >= 0.6 is 0 Å². The van der Waals surface area contributed by atoms with Crippen LogP contribution in [0.5, 0.6) is 0 Å². The van der Waals surface area contributed by atoms with Gasteiger partial charge in [-0.15, -0.1) is 0 Å². The van der Waals surface area contributed by atoms with Gasteiger partial charge in [0.1, 0.15) is 0 Å². The highest BCUT2D eigenvalue weighted by molar-refractivity contribution is 5.85. The smallest absolute Gasteiger partial charge is 0.0462 e. The molecule has 1 aliphatic carbocycles. The van der Waals surface area contributed by atoms with Gasteiger partial charge in [0.2, 0.25) is 0 Å². The number of benzene rings is 8. The number of anilines is 3. The minimum absolute atomic E-state index is 0.0211. The van der Waals surface area contributed by atoms with Crippen LogP contribution in [-0.4, -0.2) is 0 Å². The zero-order chi connectivity index (χ0) is 35.1. The zero-order valence-corrected chi connectivity index (χ0v) is 29.5. The monoisotopic (exact) mass is 665 g/mol. The third kappa shape index (κ3) is 5.71. The van der Waals surface area contributed by atoms with E-state index < -0.39 is 0 Å². The van der Waals surface area contributed by atoms with Gasteiger partial charge < -0.3 is 4.90 Å². The van der Waals surface area contributed by atoms with Crippen LogP contribution in [0, 0.1) is 0 Å². The highest BCUT2D eigenvalue weighted by Crippen LogP contribution is 2.49. The predicted molar refractivity (Wildman–Crippen MR) is 220 cm³/mol. The van der Waals surface area contributed by atoms with Crippen LogP contribution in [0.2, 0.25) is 0 Å². The standard InChI is InChI=1S/C51H39N/c1-51(2)49-16-10-9-15-47(49)48-35-43(27-34-50(48)51)42-19-17-38(18-20-42)41-25-32-46(33-26-41)52(44-28-21-39(22-29-44)36-11-5-3-6-12-36)45-30-23-40(24-31-45)37-13-7-4-8-14-37/h3-35H,1-2H3. The Morgan fingerprint density at radius 1 is 0.288 bits per heavy atom. The van der Waals surface area contributed by atoms with Gasteiger partial charge >= 0.3 is 0 Å². The first kappa shape index (κ1) is 31.5. The Balaban J connectivity index is 1.02. The lowest BCUT2D eigenvalue weighted by Gasteiger charge is -2.26. The summed E-state index contributed by atoms with van der Waals surface area (Å²) in [6, 6.07) is 72.6. The van der Waals surface area contributed by atoms with Gasteiger partial charge in [-0.05, 0) is 109 Å². The third-order valence-corrected chi connectivity index (χ3v) is 10.7. The summed E-state index contributed by atoms with van der Waals surface area (Å²) in [5.41, 5.74) is 18.6. The van der Waals surface area contributed by atoms with E-state index in [1.54, 1.807) is 0 Å². The molecule has 248 valence electrons. The molecule has 0 radical (unpaired) electrons. The van der Waals surface area contributed by atoms with Gasteiger partial charge in [-0.1, -0.05) is 172 Å². The van der Waals surface area contributed by atoms with Gasteiger partial charge in [-0.2, -0.15) is 0 Å². The minimum atomic E-state index is 0.0211. The van der Waals surface area contributed by atoms with Crippen molar-refractivity contribution in [3.63, 3.8) is 0 Å². The first-order valence-electron chi connectivity index (χ1n) is 18.1. The maximum atomic E-state index is 2.38. The van der Waals surface area contributed by atoms with Crippen LogP contribution in [0.1, 0.15) is 25.0 Å². The molecular formula is C51H39N. The molecule has 1 aliphatic rings. The Morgan fingerprint density at radius 3 is 1.08 bits per heavy atom. The van der Waals surface area contributed by atoms with Crippen LogP contribution in [0.15, 0.2) is 200 Å². The maximum Gasteiger partial charge on any atom is 0.0462 e. The molecule has 52 heavy (non-hydrogen) atoms. The van der Waals surface area contributed by atoms with Crippen molar-refractivity contribution in [2.24, 2.45) is 0 Å². The Bertz CT molecular complexity index is 2390. The molecule has 0 bridgehead atoms. The summed E-state index contributed by atoms with van der Waals surface area (Å²) in [7, 11) is 0. The Labute approximate surface area is 307 Å². The Kier molecular flexibility index (Phi) is 7.90. The van der Waals surface area contributed by atoms with E-state index in [2.05, 4.69) is 219 Å². The van der Waals surface area contributed by atoms with Gasteiger partial charge in [0.15, 0.2) is 0 Å². The third-order valence-electron chi connectivity index (χ3n) is 10.7. The molecule has 0 spiro atoms. The van der Waals surface area contributed by atoms with Crippen LogP contribution in [-0.2, 0) is 5.41 Å². The van der Waals surface area contributed by atoms with E-state index in [9.17, 15) is 0 Å². The van der Waals surface area contributed by atoms with E-state index in [-0.39, 0.29) is 5.41 Å². The van der Waals surface area contributed by atoms with Crippen LogP contribution in [0.25, 0.3) is 55.6 Å². The van der Waals surface area contributed by atoms with E-state index in [1.165, 1.54) is 66.8 Å². The highest BCUT2D eigenvalue weighted by Gasteiger charge is 2.35. The van der Waals surface area contributed by atoms with Crippen molar-refractivity contribution in [1.82, 2.24) is 0 Å². The maximum absolute atomic E-state index is 2.38. The fourth-order valence-electron chi connectivity index (χ4n) is 7.87. The molecule has 0 N–H and O–H groups in total. The minimum Gasteiger partial charge on any atom is -0.311 e. The molecule has 0 saturated heterocycles. The molecule has 8 aromatic rings. The predicted octanol–water partition coefficient (Wildman–Crippen LogP) is 14.1. The van der Waals surface area contributed by atoms with E-state index >= 15 is 0 Å². The first-order valence-corrected chi connectivity index (χ1v) is 18.1. The van der Waals surface area contributed by atoms with Crippen molar-refractivity contribution < 1.29 is 0 Å². The van der Waals surface area contributed by atoms with Crippen LogP contribution in [0.3, 0.4) is 0 Å². The highest BCUT2D eigenvalue weighted by atomic mass is 15.1. The molecule has 0 heterocycles. The summed E-state index contributed by atoms with van der Waals surface area (Å²) in [5, 5.41) is 0. The fourth-order valence-corrected chi connectivity index (χ4v) is 7.87. The number of hydrogen-bond acceptors (Lipinski definition) is 1. The summed E-state index contributed by atoms with van der Waals surface area (Å²) in [5.74, 6) is 0. The van der Waals surface area contributed by atoms with Crippen molar-refractivity contribution in [1.29, 1.82) is 0 Å². The zero-order valence-electron chi connectivity index (χ0n) is 29.5. The van der Waals surface area contributed by atoms with E-state index in [1.807, 2.05) is 0 Å². The first-order chi connectivity index (χ1) is 25.5. The van der Waals surface area contributed by atoms with Crippen LogP contribution in [0.4, 0.5) is 17.1 Å². The van der Waals surface area contributed by atoms with Crippen molar-refractivity contribution >= 4 is 17.1 Å². The van der Waals surface area contributed by atoms with E-state index in [4.69, 9.17) is 0 Å². The molecule has 8 aromatic carbocycles. The van der Waals surface area contributed by atoms with E-state index in [0.29, 0.717) is 0 Å². The number of rotatable bonds is 7. The van der Waals surface area contributed by atoms with Gasteiger partial charge in [0, 0.05) is 22.5 Å². The summed E-state index contributed by atoms with van der Waals surface area (Å²) in [4.78, 5) is 2.34. The number of hydrogen-bond donors (Lipinski definition) is 0. The molecule has 0 aromatic heterocycles. The van der Waals surface area contributed by atoms with Crippen molar-refractivity contribution in [3.05, 3.63) is 211 Å². The largest absolute Gasteiger partial charge is 0.311 e. The lowest BCUT2D eigenvalue weighted by molar-refractivity contribution is 0.660. The van der Waals surface area contributed by atoms with Gasteiger partial charge in [0.05, 0.1) is 0 Å². The van der Waals surface area contributed by atoms with Gasteiger partial charge in [0.25, 0.3) is 0 Å². The normalized spacial score (nSPS) is 12.6. The summed E-state index contributed by atoms with van der Waals surface area (Å²) in [6.45, 7) is 4.67. The van der Waals surface area contributed by atoms with Gasteiger partial charge in [-0.25, -0.2) is 0 Å². The molecule has 1 heteroatoms. The second kappa shape index (κ2) is 13.0. The lowest BCUT2D eigenvalue weighted by atomic mass is 9.82. The molecule has 0 saturated carbocycles. The summed E-state index contributed by atoms with van der Waals surface area (Å²) >= 11 is 0. The molecule has 0 atom stereocenters. The van der Waals surface area contributed by atoms with Gasteiger partial charge in [-0.3, -0.25) is 0 Å². The second-order valence-corrected chi connectivity index (χ2v) is 14.2. The quantitative estimate of drug-likeness (QED) is 0.164. The Morgan fingerprint density at radius 2 is 0.615 bits per heavy atom. The van der Waals surface area contributed by atoms with E-state index in [0.717, 1.165) is 17.1 Å². The summed E-state index contributed by atoms with van der Waals surface area (Å²) in [6.07, 6.45) is 0. The number of fused-ring (bicyclic) bond motifs is 3. The molecular weight excluding hydrogens is 627 g/mol. The molecule has 1 nitrogen and oxygen atoms in total. The molecule has 9 rings (SSSR count). The fraction of sp³-hybridized carbons (Fsp3) is 0.0588. The van der Waals surface area contributed by atoms with Crippen LogP contribution < -0.4 is 4.90 Å². The molecule has 0 aliphatic heterocycles. The topological polar surface area (TPSA) is 3.24 Å². The number of nitrogens with zero attached hydrogens (tertiary/aromatic N) is 1. The average Bonchev–Trinajstić information content (AvgIpc) is 3.45. The SMILES string of the molecule is CC1(C)c2ccccc2-c2cc(-c3ccc(-c4ccc(N(c5ccc(-c6ccccc6)cc5)c5ccc(-c6ccccc6)cc5)cc4)cc3)ccc21. The van der Waals surface area contributed by atoms with Crippen molar-refractivity contribution in [2.75, 3.05) is 4.90 Å². The second-order valence-electron chi connectivity index (χ2n) is 14.2.